The summed E-state index contributed by atoms with van der Waals surface area (Å²) in [4.78, 5) is 4.62. The van der Waals surface area contributed by atoms with Crippen LogP contribution >= 0.6 is 11.8 Å². The summed E-state index contributed by atoms with van der Waals surface area (Å²) in [5.74, 6) is 0.681. The zero-order valence-corrected chi connectivity index (χ0v) is 12.5. The Labute approximate surface area is 114 Å². The van der Waals surface area contributed by atoms with Gasteiger partial charge in [-0.05, 0) is 30.4 Å². The van der Waals surface area contributed by atoms with Crippen molar-refractivity contribution in [1.29, 1.82) is 0 Å². The molecule has 0 spiro atoms. The number of amidine groups is 1. The van der Waals surface area contributed by atoms with Crippen LogP contribution in [0, 0.1) is 12.8 Å². The summed E-state index contributed by atoms with van der Waals surface area (Å²) < 4.78 is 0. The van der Waals surface area contributed by atoms with Crippen LogP contribution in [0.5, 0.6) is 0 Å². The second-order valence-electron chi connectivity index (χ2n) is 5.13. The number of benzene rings is 1. The van der Waals surface area contributed by atoms with E-state index in [2.05, 4.69) is 56.2 Å². The van der Waals surface area contributed by atoms with Crippen molar-refractivity contribution in [2.24, 2.45) is 10.9 Å². The van der Waals surface area contributed by atoms with Gasteiger partial charge in [0.25, 0.3) is 0 Å². The molecule has 1 heterocycles. The smallest absolute Gasteiger partial charge is 0.161 e. The van der Waals surface area contributed by atoms with Crippen LogP contribution in [0.25, 0.3) is 0 Å². The second kappa shape index (κ2) is 5.79. The Morgan fingerprint density at radius 3 is 2.83 bits per heavy atom. The van der Waals surface area contributed by atoms with Crippen LogP contribution in [0.15, 0.2) is 23.2 Å². The first-order valence-corrected chi connectivity index (χ1v) is 7.56. The summed E-state index contributed by atoms with van der Waals surface area (Å²) in [6, 6.07) is 6.47. The second-order valence-corrected chi connectivity index (χ2v) is 6.36. The van der Waals surface area contributed by atoms with Crippen molar-refractivity contribution in [3.05, 3.63) is 29.3 Å². The molecule has 2 rings (SSSR count). The normalized spacial score (nSPS) is 19.2. The summed E-state index contributed by atoms with van der Waals surface area (Å²) in [7, 11) is 0. The molecule has 2 nitrogen and oxygen atoms in total. The standard InChI is InChI=1S/C15H22N2S/c1-5-12-8-6-7-11(4)14(12)17-15-16-9-13(18-15)10(2)3/h6-8,10,13H,5,9H2,1-4H3,(H,16,17). The van der Waals surface area contributed by atoms with Crippen molar-refractivity contribution in [3.8, 4) is 0 Å². The zero-order valence-electron chi connectivity index (χ0n) is 11.7. The molecule has 1 aromatic rings. The molecule has 1 aliphatic heterocycles. The molecular weight excluding hydrogens is 240 g/mol. The van der Waals surface area contributed by atoms with Gasteiger partial charge in [0.05, 0.1) is 6.54 Å². The zero-order chi connectivity index (χ0) is 13.1. The molecule has 3 heteroatoms. The van der Waals surface area contributed by atoms with Gasteiger partial charge in [0.1, 0.15) is 0 Å². The molecule has 18 heavy (non-hydrogen) atoms. The summed E-state index contributed by atoms with van der Waals surface area (Å²) in [6.45, 7) is 9.82. The van der Waals surface area contributed by atoms with Crippen LogP contribution in [0.3, 0.4) is 0 Å². The van der Waals surface area contributed by atoms with Crippen molar-refractivity contribution in [2.45, 2.75) is 39.4 Å². The number of hydrogen-bond acceptors (Lipinski definition) is 3. The van der Waals surface area contributed by atoms with Gasteiger partial charge in [0, 0.05) is 10.9 Å². The highest BCUT2D eigenvalue weighted by Gasteiger charge is 2.23. The number of nitrogens with one attached hydrogen (secondary N) is 1. The largest absolute Gasteiger partial charge is 0.335 e. The van der Waals surface area contributed by atoms with E-state index in [9.17, 15) is 0 Å². The molecule has 0 aromatic heterocycles. The van der Waals surface area contributed by atoms with Crippen molar-refractivity contribution in [2.75, 3.05) is 11.9 Å². The summed E-state index contributed by atoms with van der Waals surface area (Å²) in [5.41, 5.74) is 3.91. The summed E-state index contributed by atoms with van der Waals surface area (Å²) in [6.07, 6.45) is 1.05. The number of thioether (sulfide) groups is 1. The highest BCUT2D eigenvalue weighted by molar-refractivity contribution is 8.15. The molecule has 0 saturated carbocycles. The van der Waals surface area contributed by atoms with E-state index >= 15 is 0 Å². The minimum absolute atomic E-state index is 0.626. The Balaban J connectivity index is 2.11. The molecule has 0 fully saturated rings. The van der Waals surface area contributed by atoms with Crippen molar-refractivity contribution >= 4 is 22.6 Å². The molecule has 98 valence electrons. The number of hydrogen-bond donors (Lipinski definition) is 1. The monoisotopic (exact) mass is 262 g/mol. The third-order valence-electron chi connectivity index (χ3n) is 3.39. The van der Waals surface area contributed by atoms with Crippen LogP contribution in [-0.2, 0) is 6.42 Å². The molecule has 1 aromatic carbocycles. The summed E-state index contributed by atoms with van der Waals surface area (Å²) in [5, 5.41) is 5.23. The van der Waals surface area contributed by atoms with Crippen LogP contribution in [-0.4, -0.2) is 17.0 Å². The quantitative estimate of drug-likeness (QED) is 0.887. The maximum atomic E-state index is 4.62. The van der Waals surface area contributed by atoms with E-state index < -0.39 is 0 Å². The van der Waals surface area contributed by atoms with E-state index in [4.69, 9.17) is 0 Å². The van der Waals surface area contributed by atoms with Gasteiger partial charge in [-0.3, -0.25) is 4.99 Å². The molecule has 1 unspecified atom stereocenters. The van der Waals surface area contributed by atoms with Gasteiger partial charge in [0.2, 0.25) is 0 Å². The number of aliphatic imine (C=N–C) groups is 1. The number of para-hydroxylation sites is 1. The maximum Gasteiger partial charge on any atom is 0.161 e. The Morgan fingerprint density at radius 1 is 1.44 bits per heavy atom. The van der Waals surface area contributed by atoms with Gasteiger partial charge in [-0.25, -0.2) is 0 Å². The van der Waals surface area contributed by atoms with E-state index in [1.165, 1.54) is 16.8 Å². The molecule has 0 bridgehead atoms. The summed E-state index contributed by atoms with van der Waals surface area (Å²) >= 11 is 1.88. The molecule has 1 aliphatic rings. The predicted octanol–water partition coefficient (Wildman–Crippen LogP) is 4.10. The first kappa shape index (κ1) is 13.5. The number of aryl methyl sites for hydroxylation is 2. The van der Waals surface area contributed by atoms with E-state index in [1.54, 1.807) is 0 Å². The molecule has 1 N–H and O–H groups in total. The Kier molecular flexibility index (Phi) is 4.33. The third kappa shape index (κ3) is 2.89. The lowest BCUT2D eigenvalue weighted by Gasteiger charge is -2.15. The molecule has 0 saturated heterocycles. The van der Waals surface area contributed by atoms with Crippen molar-refractivity contribution < 1.29 is 0 Å². The first-order chi connectivity index (χ1) is 8.61. The molecule has 0 amide bonds. The third-order valence-corrected chi connectivity index (χ3v) is 4.84. The molecular formula is C15H22N2S. The average molecular weight is 262 g/mol. The van der Waals surface area contributed by atoms with Crippen LogP contribution < -0.4 is 5.32 Å². The van der Waals surface area contributed by atoms with Crippen molar-refractivity contribution in [3.63, 3.8) is 0 Å². The highest BCUT2D eigenvalue weighted by Crippen LogP contribution is 2.30. The van der Waals surface area contributed by atoms with Gasteiger partial charge < -0.3 is 5.32 Å². The van der Waals surface area contributed by atoms with Gasteiger partial charge >= 0.3 is 0 Å². The van der Waals surface area contributed by atoms with Crippen LogP contribution in [0.4, 0.5) is 5.69 Å². The SMILES string of the molecule is CCc1cccc(C)c1NC1=NCC(C(C)C)S1. The lowest BCUT2D eigenvalue weighted by Crippen LogP contribution is -2.14. The van der Waals surface area contributed by atoms with Gasteiger partial charge in [0.15, 0.2) is 5.17 Å². The Morgan fingerprint density at radius 2 is 2.22 bits per heavy atom. The lowest BCUT2D eigenvalue weighted by molar-refractivity contribution is 0.621. The topological polar surface area (TPSA) is 24.4 Å². The number of nitrogens with zero attached hydrogens (tertiary/aromatic N) is 1. The van der Waals surface area contributed by atoms with Gasteiger partial charge in [-0.2, -0.15) is 0 Å². The first-order valence-electron chi connectivity index (χ1n) is 6.68. The van der Waals surface area contributed by atoms with Crippen LogP contribution in [0.1, 0.15) is 31.9 Å². The number of anilines is 1. The average Bonchev–Trinajstić information content (AvgIpc) is 2.80. The Hall–Kier alpha value is -0.960. The van der Waals surface area contributed by atoms with Crippen LogP contribution in [0.2, 0.25) is 0 Å². The maximum absolute atomic E-state index is 4.62. The predicted molar refractivity (Wildman–Crippen MR) is 82.7 cm³/mol. The number of rotatable bonds is 3. The highest BCUT2D eigenvalue weighted by atomic mass is 32.2. The van der Waals surface area contributed by atoms with Gasteiger partial charge in [-0.1, -0.05) is 50.7 Å². The van der Waals surface area contributed by atoms with E-state index in [0.29, 0.717) is 11.2 Å². The fourth-order valence-corrected chi connectivity index (χ4v) is 3.13. The molecule has 1 atom stereocenters. The van der Waals surface area contributed by atoms with Gasteiger partial charge in [-0.15, -0.1) is 0 Å². The minimum atomic E-state index is 0.626. The fourth-order valence-electron chi connectivity index (χ4n) is 2.12. The molecule has 0 aliphatic carbocycles. The van der Waals surface area contributed by atoms with E-state index in [-0.39, 0.29) is 0 Å². The lowest BCUT2D eigenvalue weighted by atomic mass is 10.1. The minimum Gasteiger partial charge on any atom is -0.335 e. The van der Waals surface area contributed by atoms with Crippen molar-refractivity contribution in [1.82, 2.24) is 0 Å². The fraction of sp³-hybridized carbons (Fsp3) is 0.533. The molecule has 0 radical (unpaired) electrons. The van der Waals surface area contributed by atoms with E-state index in [1.807, 2.05) is 11.8 Å². The Bertz CT molecular complexity index is 452. The van der Waals surface area contributed by atoms with E-state index in [0.717, 1.165) is 18.1 Å².